The minimum absolute atomic E-state index is 0.0123. The van der Waals surface area contributed by atoms with Gasteiger partial charge in [-0.3, -0.25) is 4.79 Å². The van der Waals surface area contributed by atoms with Crippen LogP contribution in [0.5, 0.6) is 0 Å². The molecule has 92 valence electrons. The molecule has 0 saturated carbocycles. The third-order valence-corrected chi connectivity index (χ3v) is 3.26. The lowest BCUT2D eigenvalue weighted by Crippen LogP contribution is -2.19. The van der Waals surface area contributed by atoms with Gasteiger partial charge in [-0.15, -0.1) is 0 Å². The summed E-state index contributed by atoms with van der Waals surface area (Å²) in [5.74, 6) is 0.392. The lowest BCUT2D eigenvalue weighted by molar-refractivity contribution is 0.0343. The molecule has 0 aliphatic carbocycles. The average molecular weight is 242 g/mol. The number of hydrogen-bond acceptors (Lipinski definition) is 3. The van der Waals surface area contributed by atoms with Gasteiger partial charge in [-0.05, 0) is 29.7 Å². The van der Waals surface area contributed by atoms with Crippen molar-refractivity contribution in [3.63, 3.8) is 0 Å². The summed E-state index contributed by atoms with van der Waals surface area (Å²) >= 11 is 0. The molecule has 1 unspecified atom stereocenters. The first-order valence-corrected chi connectivity index (χ1v) is 6.11. The zero-order chi connectivity index (χ0) is 12.4. The van der Waals surface area contributed by atoms with E-state index in [1.54, 1.807) is 12.1 Å². The second kappa shape index (κ2) is 4.78. The van der Waals surface area contributed by atoms with Gasteiger partial charge in [0.2, 0.25) is 5.78 Å². The van der Waals surface area contributed by atoms with E-state index < -0.39 is 0 Å². The predicted octanol–water partition coefficient (Wildman–Crippen LogP) is 3.17. The minimum Gasteiger partial charge on any atom is -0.461 e. The molecule has 0 spiro atoms. The van der Waals surface area contributed by atoms with E-state index in [9.17, 15) is 4.79 Å². The molecule has 3 rings (SSSR count). The molecule has 3 heteroatoms. The van der Waals surface area contributed by atoms with E-state index in [2.05, 4.69) is 6.07 Å². The number of Topliss-reactive ketones (excluding diaryl/α,β-unsaturated/α-hetero) is 1. The van der Waals surface area contributed by atoms with E-state index in [1.807, 2.05) is 18.2 Å². The molecule has 1 aromatic carbocycles. The molecule has 0 radical (unpaired) electrons. The Morgan fingerprint density at radius 1 is 1.22 bits per heavy atom. The molecule has 0 saturated heterocycles. The Hall–Kier alpha value is -1.87. The van der Waals surface area contributed by atoms with Gasteiger partial charge >= 0.3 is 0 Å². The van der Waals surface area contributed by atoms with Gasteiger partial charge in [-0.25, -0.2) is 0 Å². The van der Waals surface area contributed by atoms with Crippen molar-refractivity contribution in [1.29, 1.82) is 0 Å². The molecule has 3 nitrogen and oxygen atoms in total. The summed E-state index contributed by atoms with van der Waals surface area (Å²) in [7, 11) is 0. The van der Waals surface area contributed by atoms with Gasteiger partial charge in [0.05, 0.1) is 19.0 Å². The maximum absolute atomic E-state index is 12.0. The van der Waals surface area contributed by atoms with Gasteiger partial charge in [-0.2, -0.15) is 0 Å². The Morgan fingerprint density at radius 2 is 2.11 bits per heavy atom. The number of rotatable bonds is 3. The normalized spacial score (nSPS) is 18.3. The van der Waals surface area contributed by atoms with E-state index in [0.29, 0.717) is 18.8 Å². The maximum atomic E-state index is 12.0. The molecule has 18 heavy (non-hydrogen) atoms. The van der Waals surface area contributed by atoms with Crippen molar-refractivity contribution in [1.82, 2.24) is 0 Å². The van der Waals surface area contributed by atoms with Crippen molar-refractivity contribution in [2.75, 3.05) is 6.61 Å². The number of ether oxygens (including phenoxy) is 1. The van der Waals surface area contributed by atoms with Gasteiger partial charge in [0.15, 0.2) is 5.76 Å². The molecule has 1 atom stereocenters. The van der Waals surface area contributed by atoms with Crippen molar-refractivity contribution in [3.05, 3.63) is 59.5 Å². The van der Waals surface area contributed by atoms with Crippen LogP contribution >= 0.6 is 0 Å². The number of fused-ring (bicyclic) bond motifs is 1. The summed E-state index contributed by atoms with van der Waals surface area (Å²) in [6.45, 7) is 0.674. The van der Waals surface area contributed by atoms with E-state index in [0.717, 1.165) is 12.0 Å². The Bertz CT molecular complexity index is 543. The molecule has 0 fully saturated rings. The lowest BCUT2D eigenvalue weighted by Gasteiger charge is -2.25. The summed E-state index contributed by atoms with van der Waals surface area (Å²) in [6, 6.07) is 11.6. The van der Waals surface area contributed by atoms with Gasteiger partial charge in [-0.1, -0.05) is 24.3 Å². The van der Waals surface area contributed by atoms with Crippen LogP contribution in [0.2, 0.25) is 0 Å². The number of ketones is 1. The highest BCUT2D eigenvalue weighted by Crippen LogP contribution is 2.30. The SMILES string of the molecule is O=C(CC1OCCc2ccccc21)c1ccco1. The third kappa shape index (κ3) is 2.09. The van der Waals surface area contributed by atoms with Crippen molar-refractivity contribution < 1.29 is 13.9 Å². The van der Waals surface area contributed by atoms with Crippen molar-refractivity contribution >= 4 is 5.78 Å². The topological polar surface area (TPSA) is 39.4 Å². The van der Waals surface area contributed by atoms with Gasteiger partial charge in [0.1, 0.15) is 0 Å². The fourth-order valence-electron chi connectivity index (χ4n) is 2.35. The van der Waals surface area contributed by atoms with Crippen LogP contribution in [-0.4, -0.2) is 12.4 Å². The molecule has 1 aliphatic rings. The molecule has 2 heterocycles. The second-order valence-electron chi connectivity index (χ2n) is 4.41. The molecular formula is C15H14O3. The van der Waals surface area contributed by atoms with Crippen LogP contribution in [0, 0.1) is 0 Å². The maximum Gasteiger partial charge on any atom is 0.200 e. The zero-order valence-electron chi connectivity index (χ0n) is 9.96. The average Bonchev–Trinajstić information content (AvgIpc) is 2.93. The standard InChI is InChI=1S/C15H14O3/c16-13(14-6-3-8-17-14)10-15-12-5-2-1-4-11(12)7-9-18-15/h1-6,8,15H,7,9-10H2. The van der Waals surface area contributed by atoms with Crippen molar-refractivity contribution in [3.8, 4) is 0 Å². The second-order valence-corrected chi connectivity index (χ2v) is 4.41. The van der Waals surface area contributed by atoms with Crippen LogP contribution in [0.15, 0.2) is 47.1 Å². The first-order chi connectivity index (χ1) is 8.84. The number of carbonyl (C=O) groups is 1. The number of benzene rings is 1. The number of furan rings is 1. The van der Waals surface area contributed by atoms with E-state index in [-0.39, 0.29) is 11.9 Å². The minimum atomic E-state index is -0.146. The van der Waals surface area contributed by atoms with E-state index in [4.69, 9.17) is 9.15 Å². The summed E-state index contributed by atoms with van der Waals surface area (Å²) in [4.78, 5) is 12.0. The molecule has 0 amide bonds. The Balaban J connectivity index is 1.80. The number of carbonyl (C=O) groups excluding carboxylic acids is 1. The monoisotopic (exact) mass is 242 g/mol. The van der Waals surface area contributed by atoms with E-state index >= 15 is 0 Å². The summed E-state index contributed by atoms with van der Waals surface area (Å²) in [5.41, 5.74) is 2.41. The summed E-state index contributed by atoms with van der Waals surface area (Å²) < 4.78 is 10.8. The quantitative estimate of drug-likeness (QED) is 0.776. The van der Waals surface area contributed by atoms with Crippen LogP contribution in [0.25, 0.3) is 0 Å². The lowest BCUT2D eigenvalue weighted by atomic mass is 9.94. The fourth-order valence-corrected chi connectivity index (χ4v) is 2.35. The molecule has 0 bridgehead atoms. The van der Waals surface area contributed by atoms with Crippen LogP contribution in [0.4, 0.5) is 0 Å². The van der Waals surface area contributed by atoms with Crippen LogP contribution < -0.4 is 0 Å². The third-order valence-electron chi connectivity index (χ3n) is 3.26. The van der Waals surface area contributed by atoms with Crippen molar-refractivity contribution in [2.45, 2.75) is 18.9 Å². The molecule has 1 aliphatic heterocycles. The fraction of sp³-hybridized carbons (Fsp3) is 0.267. The highest BCUT2D eigenvalue weighted by atomic mass is 16.5. The summed E-state index contributed by atoms with van der Waals surface area (Å²) in [5, 5.41) is 0. The number of hydrogen-bond donors (Lipinski definition) is 0. The molecule has 0 N–H and O–H groups in total. The van der Waals surface area contributed by atoms with Crippen LogP contribution in [-0.2, 0) is 11.2 Å². The van der Waals surface area contributed by atoms with E-state index in [1.165, 1.54) is 11.8 Å². The van der Waals surface area contributed by atoms with Gasteiger partial charge in [0, 0.05) is 6.42 Å². The van der Waals surface area contributed by atoms with Gasteiger partial charge in [0.25, 0.3) is 0 Å². The smallest absolute Gasteiger partial charge is 0.200 e. The zero-order valence-corrected chi connectivity index (χ0v) is 9.96. The molecule has 1 aromatic heterocycles. The van der Waals surface area contributed by atoms with Crippen molar-refractivity contribution in [2.24, 2.45) is 0 Å². The molecular weight excluding hydrogens is 228 g/mol. The van der Waals surface area contributed by atoms with Crippen LogP contribution in [0.3, 0.4) is 0 Å². The predicted molar refractivity (Wildman–Crippen MR) is 66.5 cm³/mol. The largest absolute Gasteiger partial charge is 0.461 e. The summed E-state index contributed by atoms with van der Waals surface area (Å²) in [6.07, 6.45) is 2.63. The Kier molecular flexibility index (Phi) is 2.99. The Morgan fingerprint density at radius 3 is 2.94 bits per heavy atom. The van der Waals surface area contributed by atoms with Crippen LogP contribution in [0.1, 0.15) is 34.2 Å². The highest BCUT2D eigenvalue weighted by Gasteiger charge is 2.24. The molecule has 2 aromatic rings. The Labute approximate surface area is 105 Å². The van der Waals surface area contributed by atoms with Gasteiger partial charge < -0.3 is 9.15 Å². The highest BCUT2D eigenvalue weighted by molar-refractivity contribution is 5.93. The first-order valence-electron chi connectivity index (χ1n) is 6.11. The first kappa shape index (κ1) is 11.2.